The Hall–Kier alpha value is -2.92. The summed E-state index contributed by atoms with van der Waals surface area (Å²) in [4.78, 5) is 13.5. The van der Waals surface area contributed by atoms with Crippen LogP contribution >= 0.6 is 0 Å². The van der Waals surface area contributed by atoms with Gasteiger partial charge in [-0.25, -0.2) is 12.8 Å². The third kappa shape index (κ3) is 3.86. The zero-order valence-corrected chi connectivity index (χ0v) is 17.6. The van der Waals surface area contributed by atoms with Gasteiger partial charge in [-0.1, -0.05) is 12.1 Å². The van der Waals surface area contributed by atoms with E-state index in [-0.39, 0.29) is 31.9 Å². The van der Waals surface area contributed by atoms with Gasteiger partial charge in [-0.05, 0) is 37.3 Å². The molecule has 3 aromatic rings. The minimum absolute atomic E-state index is 0.0179. The summed E-state index contributed by atoms with van der Waals surface area (Å²) in [5.74, 6) is -0.950. The molecule has 0 radical (unpaired) electrons. The van der Waals surface area contributed by atoms with Gasteiger partial charge in [-0.2, -0.15) is 17.5 Å². The van der Waals surface area contributed by atoms with E-state index < -0.39 is 38.4 Å². The van der Waals surface area contributed by atoms with E-state index in [4.69, 9.17) is 4.42 Å². The molecule has 1 saturated heterocycles. The molecule has 0 bridgehead atoms. The first kappa shape index (κ1) is 22.3. The molecule has 4 rings (SSSR count). The number of fused-ring (bicyclic) bond motifs is 1. The lowest BCUT2D eigenvalue weighted by molar-refractivity contribution is -0.139. The van der Waals surface area contributed by atoms with Gasteiger partial charge in [-0.3, -0.25) is 4.79 Å². The van der Waals surface area contributed by atoms with Crippen molar-refractivity contribution in [1.82, 2.24) is 9.21 Å². The molecule has 1 aliphatic rings. The van der Waals surface area contributed by atoms with Crippen LogP contribution in [0.3, 0.4) is 0 Å². The number of carbonyl (C=O) groups is 1. The molecule has 0 aliphatic carbocycles. The van der Waals surface area contributed by atoms with Crippen LogP contribution in [0.2, 0.25) is 0 Å². The van der Waals surface area contributed by atoms with Crippen molar-refractivity contribution in [3.8, 4) is 0 Å². The quantitative estimate of drug-likeness (QED) is 0.542. The molecule has 6 nitrogen and oxygen atoms in total. The number of nitrogens with zero attached hydrogens (tertiary/aromatic N) is 2. The van der Waals surface area contributed by atoms with E-state index in [1.54, 1.807) is 6.92 Å². The smallest absolute Gasteiger partial charge is 0.417 e. The fourth-order valence-corrected chi connectivity index (χ4v) is 5.37. The number of benzene rings is 2. The number of aryl methyl sites for hydroxylation is 1. The lowest BCUT2D eigenvalue weighted by Gasteiger charge is -2.34. The summed E-state index contributed by atoms with van der Waals surface area (Å²) < 4.78 is 85.6. The molecular weight excluding hydrogens is 452 g/mol. The van der Waals surface area contributed by atoms with Crippen LogP contribution in [-0.2, 0) is 16.2 Å². The first-order chi connectivity index (χ1) is 15.0. The van der Waals surface area contributed by atoms with Gasteiger partial charge in [0.1, 0.15) is 11.4 Å². The molecule has 0 unspecified atom stereocenters. The maximum Gasteiger partial charge on any atom is 0.417 e. The molecule has 2 heterocycles. The molecule has 11 heteroatoms. The Bertz CT molecular complexity index is 1290. The van der Waals surface area contributed by atoms with Crippen LogP contribution in [0.5, 0.6) is 0 Å². The van der Waals surface area contributed by atoms with Crippen LogP contribution in [0.1, 0.15) is 21.7 Å². The van der Waals surface area contributed by atoms with Crippen molar-refractivity contribution in [3.05, 3.63) is 65.2 Å². The number of hydrogen-bond acceptors (Lipinski definition) is 4. The van der Waals surface area contributed by atoms with Crippen molar-refractivity contribution in [2.45, 2.75) is 18.0 Å². The molecule has 2 aromatic carbocycles. The van der Waals surface area contributed by atoms with E-state index in [1.165, 1.54) is 29.2 Å². The Morgan fingerprint density at radius 1 is 1.03 bits per heavy atom. The maximum atomic E-state index is 13.5. The Kier molecular flexibility index (Phi) is 5.49. The lowest BCUT2D eigenvalue weighted by atomic mass is 10.1. The SMILES string of the molecule is Cc1c(C(=O)N2CCN(S(=O)(=O)c3ccccc3C(F)(F)F)CC2)oc2ccc(F)cc12. The number of amides is 1. The number of carbonyl (C=O) groups excluding carboxylic acids is 1. The monoisotopic (exact) mass is 470 g/mol. The topological polar surface area (TPSA) is 70.8 Å². The van der Waals surface area contributed by atoms with E-state index in [2.05, 4.69) is 0 Å². The molecule has 1 aliphatic heterocycles. The van der Waals surface area contributed by atoms with Crippen molar-refractivity contribution >= 4 is 26.9 Å². The minimum atomic E-state index is -4.82. The van der Waals surface area contributed by atoms with E-state index in [0.717, 1.165) is 22.5 Å². The Labute approximate surface area is 181 Å². The molecule has 0 saturated carbocycles. The number of sulfonamides is 1. The summed E-state index contributed by atoms with van der Waals surface area (Å²) in [5, 5.41) is 0.457. The summed E-state index contributed by atoms with van der Waals surface area (Å²) in [5.41, 5.74) is -0.431. The zero-order chi connectivity index (χ0) is 23.3. The largest absolute Gasteiger partial charge is 0.451 e. The molecule has 32 heavy (non-hydrogen) atoms. The molecular formula is C21H18F4N2O4S. The number of furan rings is 1. The van der Waals surface area contributed by atoms with E-state index in [9.17, 15) is 30.8 Å². The molecule has 1 aromatic heterocycles. The van der Waals surface area contributed by atoms with Gasteiger partial charge in [0.05, 0.1) is 10.5 Å². The minimum Gasteiger partial charge on any atom is -0.451 e. The number of alkyl halides is 3. The number of piperazine rings is 1. The summed E-state index contributed by atoms with van der Waals surface area (Å²) in [6, 6.07) is 7.88. The summed E-state index contributed by atoms with van der Waals surface area (Å²) in [7, 11) is -4.41. The molecule has 0 N–H and O–H groups in total. The predicted octanol–water partition coefficient (Wildman–Crippen LogP) is 4.05. The summed E-state index contributed by atoms with van der Waals surface area (Å²) in [6.07, 6.45) is -4.82. The first-order valence-electron chi connectivity index (χ1n) is 9.64. The van der Waals surface area contributed by atoms with Crippen molar-refractivity contribution < 1.29 is 35.2 Å². The average molecular weight is 470 g/mol. The summed E-state index contributed by atoms with van der Waals surface area (Å²) in [6.45, 7) is 1.21. The molecule has 1 fully saturated rings. The summed E-state index contributed by atoms with van der Waals surface area (Å²) >= 11 is 0. The predicted molar refractivity (Wildman–Crippen MR) is 107 cm³/mol. The van der Waals surface area contributed by atoms with Gasteiger partial charge in [0.2, 0.25) is 10.0 Å². The van der Waals surface area contributed by atoms with Crippen molar-refractivity contribution in [1.29, 1.82) is 0 Å². The van der Waals surface area contributed by atoms with E-state index >= 15 is 0 Å². The highest BCUT2D eigenvalue weighted by molar-refractivity contribution is 7.89. The van der Waals surface area contributed by atoms with Crippen molar-refractivity contribution in [2.24, 2.45) is 0 Å². The van der Waals surface area contributed by atoms with Gasteiger partial charge in [-0.15, -0.1) is 0 Å². The Morgan fingerprint density at radius 3 is 2.34 bits per heavy atom. The van der Waals surface area contributed by atoms with Crippen LogP contribution in [0.15, 0.2) is 51.8 Å². The van der Waals surface area contributed by atoms with E-state index in [1.807, 2.05) is 0 Å². The molecule has 0 spiro atoms. The van der Waals surface area contributed by atoms with Crippen LogP contribution in [0.25, 0.3) is 11.0 Å². The highest BCUT2D eigenvalue weighted by atomic mass is 32.2. The maximum absolute atomic E-state index is 13.5. The Balaban J connectivity index is 1.54. The molecule has 1 amide bonds. The van der Waals surface area contributed by atoms with Gasteiger partial charge in [0, 0.05) is 37.1 Å². The van der Waals surface area contributed by atoms with Crippen LogP contribution < -0.4 is 0 Å². The second-order valence-corrected chi connectivity index (χ2v) is 9.29. The first-order valence-corrected chi connectivity index (χ1v) is 11.1. The highest BCUT2D eigenvalue weighted by Gasteiger charge is 2.40. The third-order valence-electron chi connectivity index (χ3n) is 5.43. The number of rotatable bonds is 3. The van der Waals surface area contributed by atoms with Crippen LogP contribution in [-0.4, -0.2) is 49.7 Å². The van der Waals surface area contributed by atoms with Gasteiger partial charge in [0.25, 0.3) is 5.91 Å². The highest BCUT2D eigenvalue weighted by Crippen LogP contribution is 2.35. The second-order valence-electron chi connectivity index (χ2n) is 7.39. The van der Waals surface area contributed by atoms with E-state index in [0.29, 0.717) is 16.5 Å². The number of halogens is 4. The molecule has 170 valence electrons. The van der Waals surface area contributed by atoms with Crippen molar-refractivity contribution in [3.63, 3.8) is 0 Å². The number of hydrogen-bond donors (Lipinski definition) is 0. The van der Waals surface area contributed by atoms with Gasteiger partial charge >= 0.3 is 6.18 Å². The third-order valence-corrected chi connectivity index (χ3v) is 7.39. The molecule has 0 atom stereocenters. The van der Waals surface area contributed by atoms with Gasteiger partial charge < -0.3 is 9.32 Å². The fourth-order valence-electron chi connectivity index (χ4n) is 3.74. The standard InChI is InChI=1S/C21H18F4N2O4S/c1-13-15-12-14(22)6-7-17(15)31-19(13)20(28)26-8-10-27(11-9-26)32(29,30)18-5-3-2-4-16(18)21(23,24)25/h2-7,12H,8-11H2,1H3. The normalized spacial score (nSPS) is 16.0. The fraction of sp³-hybridized carbons (Fsp3) is 0.286. The van der Waals surface area contributed by atoms with Gasteiger partial charge in [0.15, 0.2) is 5.76 Å². The Morgan fingerprint density at radius 2 is 1.69 bits per heavy atom. The average Bonchev–Trinajstić information content (AvgIpc) is 3.08. The lowest BCUT2D eigenvalue weighted by Crippen LogP contribution is -2.50. The zero-order valence-electron chi connectivity index (χ0n) is 16.8. The van der Waals surface area contributed by atoms with Crippen molar-refractivity contribution in [2.75, 3.05) is 26.2 Å². The van der Waals surface area contributed by atoms with Crippen LogP contribution in [0.4, 0.5) is 17.6 Å². The second kappa shape index (κ2) is 7.89. The van der Waals surface area contributed by atoms with Crippen LogP contribution in [0, 0.1) is 12.7 Å².